The number of benzene rings is 1. The molecule has 1 aromatic heterocycles. The van der Waals surface area contributed by atoms with Gasteiger partial charge >= 0.3 is 0 Å². The Morgan fingerprint density at radius 3 is 2.56 bits per heavy atom. The molecule has 3 rings (SSSR count). The molecule has 0 fully saturated rings. The van der Waals surface area contributed by atoms with E-state index in [1.54, 1.807) is 6.07 Å². The summed E-state index contributed by atoms with van der Waals surface area (Å²) in [6, 6.07) is 4.54. The molecule has 0 saturated carbocycles. The molecule has 2 heterocycles. The van der Waals surface area contributed by atoms with Crippen molar-refractivity contribution in [1.29, 1.82) is 0 Å². The number of carbonyl (C=O) groups is 3. The third kappa shape index (κ3) is 3.30. The van der Waals surface area contributed by atoms with E-state index in [0.717, 1.165) is 11.4 Å². The van der Waals surface area contributed by atoms with Crippen LogP contribution in [0, 0.1) is 5.92 Å². The van der Waals surface area contributed by atoms with Crippen molar-refractivity contribution in [3.05, 3.63) is 39.9 Å². The van der Waals surface area contributed by atoms with Crippen molar-refractivity contribution in [2.24, 2.45) is 5.92 Å². The van der Waals surface area contributed by atoms with E-state index in [0.29, 0.717) is 22.8 Å². The molecule has 1 aliphatic rings. The van der Waals surface area contributed by atoms with Crippen molar-refractivity contribution in [2.75, 3.05) is 11.9 Å². The number of rotatable bonds is 5. The van der Waals surface area contributed by atoms with E-state index in [4.69, 9.17) is 0 Å². The highest BCUT2D eigenvalue weighted by Gasteiger charge is 2.36. The van der Waals surface area contributed by atoms with Crippen molar-refractivity contribution in [3.8, 4) is 0 Å². The summed E-state index contributed by atoms with van der Waals surface area (Å²) in [6.45, 7) is 6.20. The summed E-state index contributed by atoms with van der Waals surface area (Å²) >= 11 is 1.31. The van der Waals surface area contributed by atoms with E-state index >= 15 is 0 Å². The van der Waals surface area contributed by atoms with Crippen molar-refractivity contribution in [3.63, 3.8) is 0 Å². The van der Waals surface area contributed by atoms with E-state index in [1.807, 2.05) is 20.8 Å². The smallest absolute Gasteiger partial charge is 0.261 e. The lowest BCUT2D eigenvalue weighted by Gasteiger charge is -2.15. The minimum atomic E-state index is -0.385. The Kier molecular flexibility index (Phi) is 4.63. The average molecular weight is 358 g/mol. The molecule has 0 radical (unpaired) electrons. The minimum Gasteiger partial charge on any atom is -0.296 e. The number of imide groups is 1. The molecule has 0 atom stereocenters. The van der Waals surface area contributed by atoms with Crippen LogP contribution in [0.25, 0.3) is 0 Å². The van der Waals surface area contributed by atoms with Crippen molar-refractivity contribution < 1.29 is 14.4 Å². The van der Waals surface area contributed by atoms with Gasteiger partial charge in [0.2, 0.25) is 5.13 Å². The number of hydrogen-bond donors (Lipinski definition) is 1. The summed E-state index contributed by atoms with van der Waals surface area (Å²) in [7, 11) is 0. The fraction of sp³-hybridized carbons (Fsp3) is 0.353. The molecule has 7 nitrogen and oxygen atoms in total. The first-order valence-electron chi connectivity index (χ1n) is 8.04. The van der Waals surface area contributed by atoms with Gasteiger partial charge < -0.3 is 0 Å². The van der Waals surface area contributed by atoms with Crippen LogP contribution in [0.15, 0.2) is 18.2 Å². The molecule has 1 aliphatic heterocycles. The van der Waals surface area contributed by atoms with E-state index in [1.165, 1.54) is 28.4 Å². The zero-order valence-electron chi connectivity index (χ0n) is 14.2. The fourth-order valence-electron chi connectivity index (χ4n) is 2.58. The van der Waals surface area contributed by atoms with Crippen LogP contribution in [0.2, 0.25) is 0 Å². The number of fused-ring (bicyclic) bond motifs is 1. The van der Waals surface area contributed by atoms with Gasteiger partial charge in [-0.3, -0.25) is 24.6 Å². The Bertz CT molecular complexity index is 859. The molecule has 25 heavy (non-hydrogen) atoms. The number of aryl methyl sites for hydroxylation is 1. The Morgan fingerprint density at radius 1 is 1.20 bits per heavy atom. The van der Waals surface area contributed by atoms with Crippen molar-refractivity contribution in [1.82, 2.24) is 15.1 Å². The van der Waals surface area contributed by atoms with Crippen LogP contribution in [-0.4, -0.2) is 39.4 Å². The van der Waals surface area contributed by atoms with Gasteiger partial charge in [0.25, 0.3) is 17.7 Å². The number of nitrogens with one attached hydrogen (secondary N) is 1. The number of nitrogens with zero attached hydrogens (tertiary/aromatic N) is 3. The molecule has 2 aromatic rings. The van der Waals surface area contributed by atoms with Gasteiger partial charge in [-0.15, -0.1) is 10.2 Å². The predicted octanol–water partition coefficient (Wildman–Crippen LogP) is 2.60. The van der Waals surface area contributed by atoms with Gasteiger partial charge in [-0.1, -0.05) is 32.1 Å². The average Bonchev–Trinajstić information content (AvgIpc) is 3.13. The van der Waals surface area contributed by atoms with Gasteiger partial charge in [-0.2, -0.15) is 0 Å². The highest BCUT2D eigenvalue weighted by Crippen LogP contribution is 2.25. The third-order valence-electron chi connectivity index (χ3n) is 3.77. The second-order valence-electron chi connectivity index (χ2n) is 6.18. The minimum absolute atomic E-state index is 0.176. The molecule has 0 aliphatic carbocycles. The first kappa shape index (κ1) is 17.2. The molecule has 1 N–H and O–H groups in total. The number of aromatic nitrogens is 2. The summed E-state index contributed by atoms with van der Waals surface area (Å²) in [5.74, 6) is -0.871. The maximum Gasteiger partial charge on any atom is 0.261 e. The first-order valence-corrected chi connectivity index (χ1v) is 8.86. The standard InChI is InChI=1S/C17H18N4O3S/c1-4-13-19-20-17(25-13)18-14(22)10-5-6-11-12(7-10)16(24)21(15(11)23)8-9(2)3/h5-7,9H,4,8H2,1-3H3,(H,18,20,22). The first-order chi connectivity index (χ1) is 11.9. The second-order valence-corrected chi connectivity index (χ2v) is 7.25. The van der Waals surface area contributed by atoms with E-state index < -0.39 is 0 Å². The zero-order valence-corrected chi connectivity index (χ0v) is 15.0. The van der Waals surface area contributed by atoms with Gasteiger partial charge in [-0.25, -0.2) is 0 Å². The van der Waals surface area contributed by atoms with Crippen LogP contribution in [-0.2, 0) is 6.42 Å². The predicted molar refractivity (Wildman–Crippen MR) is 93.9 cm³/mol. The monoisotopic (exact) mass is 358 g/mol. The lowest BCUT2D eigenvalue weighted by Crippen LogP contribution is -2.33. The molecule has 130 valence electrons. The van der Waals surface area contributed by atoms with Gasteiger partial charge in [-0.05, 0) is 30.5 Å². The van der Waals surface area contributed by atoms with Crippen molar-refractivity contribution in [2.45, 2.75) is 27.2 Å². The molecule has 3 amide bonds. The molecule has 1 aromatic carbocycles. The molecule has 0 saturated heterocycles. The molecule has 0 spiro atoms. The summed E-state index contributed by atoms with van der Waals surface area (Å²) < 4.78 is 0. The summed E-state index contributed by atoms with van der Waals surface area (Å²) in [5, 5.41) is 11.8. The second kappa shape index (κ2) is 6.72. The lowest BCUT2D eigenvalue weighted by molar-refractivity contribution is 0.0636. The van der Waals surface area contributed by atoms with Crippen LogP contribution >= 0.6 is 11.3 Å². The van der Waals surface area contributed by atoms with Crippen LogP contribution in [0.3, 0.4) is 0 Å². The quantitative estimate of drug-likeness (QED) is 0.830. The van der Waals surface area contributed by atoms with Crippen LogP contribution in [0.5, 0.6) is 0 Å². The van der Waals surface area contributed by atoms with Gasteiger partial charge in [0.05, 0.1) is 11.1 Å². The van der Waals surface area contributed by atoms with E-state index in [-0.39, 0.29) is 29.2 Å². The molecule has 8 heteroatoms. The Morgan fingerprint density at radius 2 is 1.92 bits per heavy atom. The number of amides is 3. The summed E-state index contributed by atoms with van der Waals surface area (Å²) in [6.07, 6.45) is 0.745. The highest BCUT2D eigenvalue weighted by atomic mass is 32.1. The Balaban J connectivity index is 1.82. The third-order valence-corrected chi connectivity index (χ3v) is 4.75. The van der Waals surface area contributed by atoms with Crippen LogP contribution in [0.4, 0.5) is 5.13 Å². The fourth-order valence-corrected chi connectivity index (χ4v) is 3.25. The topological polar surface area (TPSA) is 92.3 Å². The molecular formula is C17H18N4O3S. The van der Waals surface area contributed by atoms with E-state index in [2.05, 4.69) is 15.5 Å². The van der Waals surface area contributed by atoms with Gasteiger partial charge in [0.1, 0.15) is 5.01 Å². The SMILES string of the molecule is CCc1nnc(NC(=O)c2ccc3c(c2)C(=O)N(CC(C)C)C3=O)s1. The summed E-state index contributed by atoms with van der Waals surface area (Å²) in [5.41, 5.74) is 0.913. The normalized spacial score (nSPS) is 13.5. The summed E-state index contributed by atoms with van der Waals surface area (Å²) in [4.78, 5) is 38.4. The largest absolute Gasteiger partial charge is 0.296 e. The number of hydrogen-bond acceptors (Lipinski definition) is 6. The number of carbonyl (C=O) groups excluding carboxylic acids is 3. The molecular weight excluding hydrogens is 340 g/mol. The van der Waals surface area contributed by atoms with Crippen molar-refractivity contribution >= 4 is 34.2 Å². The Labute approximate surface area is 149 Å². The highest BCUT2D eigenvalue weighted by molar-refractivity contribution is 7.15. The maximum atomic E-state index is 12.5. The van der Waals surface area contributed by atoms with E-state index in [9.17, 15) is 14.4 Å². The molecule has 0 unspecified atom stereocenters. The van der Waals surface area contributed by atoms with Gasteiger partial charge in [0.15, 0.2) is 0 Å². The molecule has 0 bridgehead atoms. The Hall–Kier alpha value is -2.61. The van der Waals surface area contributed by atoms with Gasteiger partial charge in [0, 0.05) is 12.1 Å². The zero-order chi connectivity index (χ0) is 18.1. The van der Waals surface area contributed by atoms with Crippen LogP contribution in [0.1, 0.15) is 56.9 Å². The maximum absolute atomic E-state index is 12.5. The lowest BCUT2D eigenvalue weighted by atomic mass is 10.1. The van der Waals surface area contributed by atoms with Crippen LogP contribution < -0.4 is 5.32 Å². The number of anilines is 1.